The molecule has 1 aliphatic heterocycles. The maximum Gasteiger partial charge on any atom is 0.308 e. The Morgan fingerprint density at radius 3 is 2.05 bits per heavy atom. The zero-order valence-electron chi connectivity index (χ0n) is 23.2. The monoisotopic (exact) mass is 596 g/mol. The summed E-state index contributed by atoms with van der Waals surface area (Å²) in [5.41, 5.74) is 0.108. The third-order valence-corrected chi connectivity index (χ3v) is 5.44. The molecule has 2 heterocycles. The molecule has 208 valence electrons. The number of hydroxylamine groups is 2. The number of carbonyl (C=O) groups is 4. The van der Waals surface area contributed by atoms with Crippen LogP contribution in [0.2, 0.25) is 0 Å². The van der Waals surface area contributed by atoms with E-state index in [-0.39, 0.29) is 39.7 Å². The summed E-state index contributed by atoms with van der Waals surface area (Å²) in [5, 5.41) is 8.82. The zero-order chi connectivity index (χ0) is 29.7. The Bertz CT molecular complexity index is 1270. The first-order valence-electron chi connectivity index (χ1n) is 11.6. The van der Waals surface area contributed by atoms with Gasteiger partial charge in [0.25, 0.3) is 17.4 Å². The van der Waals surface area contributed by atoms with Gasteiger partial charge in [-0.05, 0) is 35.8 Å². The molecule has 0 N–H and O–H groups in total. The lowest BCUT2D eigenvalue weighted by molar-refractivity contribution is -0.131. The molecule has 0 fully saturated rings. The molecule has 12 nitrogen and oxygen atoms in total. The number of hydrogen-bond donors (Lipinski definition) is 0. The molecule has 0 atom stereocenters. The minimum atomic E-state index is -0.742. The molecule has 2 amide bonds. The summed E-state index contributed by atoms with van der Waals surface area (Å²) in [5.74, 6) is -1.97. The van der Waals surface area contributed by atoms with Crippen LogP contribution in [0.3, 0.4) is 0 Å². The van der Waals surface area contributed by atoms with Gasteiger partial charge in [0.05, 0.1) is 29.8 Å². The summed E-state index contributed by atoms with van der Waals surface area (Å²) in [7, 11) is 4.05. The fourth-order valence-corrected chi connectivity index (χ4v) is 3.48. The largest absolute Gasteiger partial charge is 0.480 e. The molecule has 0 bridgehead atoms. The van der Waals surface area contributed by atoms with Crippen molar-refractivity contribution in [1.29, 1.82) is 0 Å². The first-order valence-corrected chi connectivity index (χ1v) is 12.4. The number of fused-ring (bicyclic) bond motifs is 1. The Kier molecular flexibility index (Phi) is 14.6. The second kappa shape index (κ2) is 16.2. The molecule has 13 heteroatoms. The minimum absolute atomic E-state index is 0.00183. The third kappa shape index (κ3) is 7.42. The van der Waals surface area contributed by atoms with Crippen LogP contribution in [-0.4, -0.2) is 47.9 Å². The van der Waals surface area contributed by atoms with Crippen molar-refractivity contribution in [2.75, 3.05) is 14.2 Å². The summed E-state index contributed by atoms with van der Waals surface area (Å²) >= 11 is 3.32. The number of ether oxygens (including phenoxy) is 2. The van der Waals surface area contributed by atoms with Crippen molar-refractivity contribution in [1.82, 2.24) is 9.63 Å². The topological polar surface area (TPSA) is 146 Å². The molecular weight excluding hydrogens is 564 g/mol. The molecule has 2 aromatic rings. The Morgan fingerprint density at radius 1 is 1.03 bits per heavy atom. The van der Waals surface area contributed by atoms with E-state index >= 15 is 0 Å². The number of hydrogen-bond acceptors (Lipinski definition) is 10. The molecule has 0 saturated heterocycles. The number of esters is 1. The van der Waals surface area contributed by atoms with Crippen molar-refractivity contribution in [2.24, 2.45) is 17.3 Å². The van der Waals surface area contributed by atoms with Crippen LogP contribution in [0.5, 0.6) is 11.6 Å². The van der Waals surface area contributed by atoms with E-state index in [1.165, 1.54) is 51.8 Å². The second-order valence-electron chi connectivity index (χ2n) is 6.64. The fourth-order valence-electron chi connectivity index (χ4n) is 3.06. The van der Waals surface area contributed by atoms with E-state index in [4.69, 9.17) is 19.1 Å². The van der Waals surface area contributed by atoms with Gasteiger partial charge in [-0.1, -0.05) is 27.7 Å². The van der Waals surface area contributed by atoms with Crippen molar-refractivity contribution in [2.45, 2.75) is 48.5 Å². The van der Waals surface area contributed by atoms with Crippen LogP contribution >= 0.6 is 15.9 Å². The van der Waals surface area contributed by atoms with Gasteiger partial charge in [0.15, 0.2) is 5.69 Å². The predicted octanol–water partition coefficient (Wildman–Crippen LogP) is 5.22. The van der Waals surface area contributed by atoms with Crippen molar-refractivity contribution < 1.29 is 33.5 Å². The van der Waals surface area contributed by atoms with Crippen LogP contribution in [-0.2, 0) is 21.5 Å². The molecule has 0 radical (unpaired) electrons. The van der Waals surface area contributed by atoms with Gasteiger partial charge in [0.2, 0.25) is 5.88 Å². The molecule has 1 aromatic heterocycles. The molecule has 1 aromatic carbocycles. The zero-order valence-corrected chi connectivity index (χ0v) is 24.8. The van der Waals surface area contributed by atoms with Crippen molar-refractivity contribution in [3.8, 4) is 11.6 Å². The summed E-state index contributed by atoms with van der Waals surface area (Å²) < 4.78 is 12.0. The summed E-state index contributed by atoms with van der Waals surface area (Å²) in [4.78, 5) is 62.4. The number of halogens is 1. The van der Waals surface area contributed by atoms with E-state index in [9.17, 15) is 19.2 Å². The van der Waals surface area contributed by atoms with Gasteiger partial charge in [-0.2, -0.15) is 0 Å². The van der Waals surface area contributed by atoms with Crippen LogP contribution in [0.1, 0.15) is 67.8 Å². The Labute approximate surface area is 229 Å². The first kappa shape index (κ1) is 34.3. The Balaban J connectivity index is 0.00000179. The van der Waals surface area contributed by atoms with Crippen LogP contribution < -0.4 is 15.0 Å². The number of rotatable bonds is 5. The van der Waals surface area contributed by atoms with E-state index in [2.05, 4.69) is 26.2 Å². The van der Waals surface area contributed by atoms with Gasteiger partial charge >= 0.3 is 5.97 Å². The van der Waals surface area contributed by atoms with Crippen LogP contribution in [0, 0.1) is 6.92 Å². The number of amides is 2. The Hall–Kier alpha value is -3.71. The average molecular weight is 597 g/mol. The number of imide groups is 1. The first-order chi connectivity index (χ1) is 18.0. The van der Waals surface area contributed by atoms with E-state index in [0.717, 1.165) is 6.29 Å². The lowest BCUT2D eigenvalue weighted by atomic mass is 10.1. The van der Waals surface area contributed by atoms with Crippen molar-refractivity contribution in [3.05, 3.63) is 43.6 Å². The lowest BCUT2D eigenvalue weighted by Crippen LogP contribution is -2.28. The maximum atomic E-state index is 12.6. The highest BCUT2D eigenvalue weighted by Gasteiger charge is 2.39. The van der Waals surface area contributed by atoms with Gasteiger partial charge in [0.1, 0.15) is 17.7 Å². The molecule has 0 saturated carbocycles. The molecule has 1 aliphatic rings. The number of methoxy groups -OCH3 is 1. The number of nitrogens with zero attached hydrogens (tertiary/aromatic N) is 4. The molecule has 0 aliphatic carbocycles. The minimum Gasteiger partial charge on any atom is -0.480 e. The van der Waals surface area contributed by atoms with Crippen molar-refractivity contribution in [3.63, 3.8) is 0 Å². The molecular formula is C25H33BrN4O8. The highest BCUT2D eigenvalue weighted by atomic mass is 79.9. The third-order valence-electron chi connectivity index (χ3n) is 4.47. The quantitative estimate of drug-likeness (QED) is 0.150. The number of aldehydes is 1. The van der Waals surface area contributed by atoms with E-state index in [1.807, 2.05) is 27.7 Å². The van der Waals surface area contributed by atoms with E-state index in [1.54, 1.807) is 6.92 Å². The predicted molar refractivity (Wildman–Crippen MR) is 145 cm³/mol. The van der Waals surface area contributed by atoms with Gasteiger partial charge in [-0.25, -0.2) is 0 Å². The summed E-state index contributed by atoms with van der Waals surface area (Å²) in [6.07, 6.45) is 0.750. The summed E-state index contributed by atoms with van der Waals surface area (Å²) in [6, 6.07) is 2.55. The number of benzene rings is 1. The standard InChI is InChI=1S/C19H17BrN4O7.C2H4O.2C2H6/c1-8-14(20)15(19(29-4)23(3)16(8)26)22-21-12-7-10(31-9(2)25)6-11-13(12)18(28)24(30-5)17(11)27;1-2-3;2*1-2/h6-7H,1-5H3;2H,1H3;2*1-2H3. The molecule has 3 rings (SSSR count). The average Bonchev–Trinajstić information content (AvgIpc) is 3.15. The number of aromatic nitrogens is 1. The number of azo groups is 1. The van der Waals surface area contributed by atoms with Crippen LogP contribution in [0.15, 0.2) is 31.6 Å². The summed E-state index contributed by atoms with van der Waals surface area (Å²) in [6.45, 7) is 12.2. The molecule has 0 unspecified atom stereocenters. The van der Waals surface area contributed by atoms with Gasteiger partial charge in [-0.3, -0.25) is 28.6 Å². The normalized spacial score (nSPS) is 11.4. The van der Waals surface area contributed by atoms with Gasteiger partial charge < -0.3 is 14.3 Å². The highest BCUT2D eigenvalue weighted by molar-refractivity contribution is 9.10. The van der Waals surface area contributed by atoms with E-state index < -0.39 is 17.8 Å². The second-order valence-corrected chi connectivity index (χ2v) is 7.44. The van der Waals surface area contributed by atoms with Crippen LogP contribution in [0.4, 0.5) is 11.4 Å². The highest BCUT2D eigenvalue weighted by Crippen LogP contribution is 2.40. The lowest BCUT2D eigenvalue weighted by Gasteiger charge is -2.12. The van der Waals surface area contributed by atoms with Crippen molar-refractivity contribution >= 4 is 51.4 Å². The smallest absolute Gasteiger partial charge is 0.308 e. The number of carbonyl (C=O) groups excluding carboxylic acids is 4. The SMILES string of the molecule is CC.CC.CC=O.COc1c(N=Nc2cc(OC(C)=O)cc3c2C(=O)N(OC)C3=O)c(Br)c(C)c(=O)n1C. The van der Waals surface area contributed by atoms with Gasteiger partial charge in [0, 0.05) is 25.6 Å². The van der Waals surface area contributed by atoms with E-state index in [0.29, 0.717) is 15.1 Å². The maximum absolute atomic E-state index is 12.6. The fraction of sp³-hybridized carbons (Fsp3) is 0.400. The number of pyridine rings is 1. The van der Waals surface area contributed by atoms with Gasteiger partial charge in [-0.15, -0.1) is 15.3 Å². The van der Waals surface area contributed by atoms with Crippen LogP contribution in [0.25, 0.3) is 0 Å². The Morgan fingerprint density at radius 2 is 1.58 bits per heavy atom. The molecule has 0 spiro atoms. The molecule has 38 heavy (non-hydrogen) atoms.